The van der Waals surface area contributed by atoms with E-state index in [9.17, 15) is 9.59 Å². The molecular weight excluding hydrogens is 390 g/mol. The molecule has 7 nitrogen and oxygen atoms in total. The van der Waals surface area contributed by atoms with Gasteiger partial charge in [0.2, 0.25) is 0 Å². The van der Waals surface area contributed by atoms with Gasteiger partial charge in [0, 0.05) is 69.6 Å². The molecule has 0 radical (unpaired) electrons. The number of Topliss-reactive ketones (excluding diaryl/α,β-unsaturated/α-hetero) is 1. The number of aromatic nitrogens is 2. The molecule has 0 saturated carbocycles. The minimum Gasteiger partial charge on any atom is -0.371 e. The molecule has 154 valence electrons. The van der Waals surface area contributed by atoms with E-state index in [1.54, 1.807) is 17.2 Å². The molecular formula is C21H26ClN5O2. The average Bonchev–Trinajstić information content (AvgIpc) is 3.42. The number of rotatable bonds is 4. The summed E-state index contributed by atoms with van der Waals surface area (Å²) in [5, 5.41) is 4.85. The van der Waals surface area contributed by atoms with Crippen molar-refractivity contribution in [2.45, 2.75) is 26.3 Å². The van der Waals surface area contributed by atoms with E-state index in [0.717, 1.165) is 37.7 Å². The van der Waals surface area contributed by atoms with Crippen LogP contribution in [0.2, 0.25) is 5.02 Å². The molecule has 2 aliphatic rings. The van der Waals surface area contributed by atoms with Gasteiger partial charge in [0.1, 0.15) is 5.69 Å². The first-order chi connectivity index (χ1) is 14.0. The zero-order valence-electron chi connectivity index (χ0n) is 16.7. The monoisotopic (exact) mass is 415 g/mol. The van der Waals surface area contributed by atoms with Gasteiger partial charge < -0.3 is 9.80 Å². The number of hydrogen-bond acceptors (Lipinski definition) is 5. The Morgan fingerprint density at radius 3 is 2.41 bits per heavy atom. The number of amides is 1. The molecule has 0 bridgehead atoms. The predicted molar refractivity (Wildman–Crippen MR) is 113 cm³/mol. The summed E-state index contributed by atoms with van der Waals surface area (Å²) in [6.07, 6.45) is 4.01. The standard InChI is InChI=1S/C21H26ClN5O2/c1-16(28)19-6-9-27(23-19)21(29)26-12-10-24(11-13-26)15-17-4-5-18(22)14-20(17)25-7-2-3-8-25/h4-6,9,14H,2-3,7-8,10-13,15H2,1H3. The molecule has 0 spiro atoms. The lowest BCUT2D eigenvalue weighted by Crippen LogP contribution is -2.49. The molecule has 0 aliphatic carbocycles. The number of piperazine rings is 1. The first kappa shape index (κ1) is 19.9. The van der Waals surface area contributed by atoms with Gasteiger partial charge in [-0.25, -0.2) is 4.79 Å². The van der Waals surface area contributed by atoms with E-state index < -0.39 is 0 Å². The maximum Gasteiger partial charge on any atom is 0.344 e. The van der Waals surface area contributed by atoms with Gasteiger partial charge in [0.05, 0.1) is 0 Å². The van der Waals surface area contributed by atoms with Gasteiger partial charge in [-0.1, -0.05) is 17.7 Å². The highest BCUT2D eigenvalue weighted by Crippen LogP contribution is 2.29. The third kappa shape index (κ3) is 4.46. The summed E-state index contributed by atoms with van der Waals surface area (Å²) < 4.78 is 1.26. The Kier molecular flexibility index (Phi) is 5.87. The van der Waals surface area contributed by atoms with Crippen molar-refractivity contribution in [1.29, 1.82) is 0 Å². The van der Waals surface area contributed by atoms with Crippen LogP contribution in [-0.4, -0.2) is 70.7 Å². The van der Waals surface area contributed by atoms with Gasteiger partial charge in [-0.3, -0.25) is 9.69 Å². The number of carbonyl (C=O) groups is 2. The van der Waals surface area contributed by atoms with Crippen molar-refractivity contribution in [3.05, 3.63) is 46.7 Å². The number of ketones is 1. The zero-order chi connectivity index (χ0) is 20.4. The summed E-state index contributed by atoms with van der Waals surface area (Å²) in [6, 6.07) is 7.56. The number of hydrogen-bond donors (Lipinski definition) is 0. The summed E-state index contributed by atoms with van der Waals surface area (Å²) in [5.41, 5.74) is 2.84. The number of nitrogens with zero attached hydrogens (tertiary/aromatic N) is 5. The van der Waals surface area contributed by atoms with Crippen LogP contribution < -0.4 is 4.90 Å². The van der Waals surface area contributed by atoms with Crippen LogP contribution in [0.5, 0.6) is 0 Å². The smallest absolute Gasteiger partial charge is 0.344 e. The fourth-order valence-corrected chi connectivity index (χ4v) is 4.19. The van der Waals surface area contributed by atoms with E-state index >= 15 is 0 Å². The molecule has 0 N–H and O–H groups in total. The summed E-state index contributed by atoms with van der Waals surface area (Å²) >= 11 is 6.26. The predicted octanol–water partition coefficient (Wildman–Crippen LogP) is 3.13. The second-order valence-corrected chi connectivity index (χ2v) is 8.15. The van der Waals surface area contributed by atoms with E-state index in [0.29, 0.717) is 18.8 Å². The molecule has 0 atom stereocenters. The van der Waals surface area contributed by atoms with Crippen LogP contribution in [0.15, 0.2) is 30.5 Å². The van der Waals surface area contributed by atoms with E-state index in [2.05, 4.69) is 27.0 Å². The summed E-state index contributed by atoms with van der Waals surface area (Å²) in [6.45, 7) is 7.35. The van der Waals surface area contributed by atoms with Crippen molar-refractivity contribution in [2.75, 3.05) is 44.2 Å². The molecule has 1 aromatic heterocycles. The molecule has 1 amide bonds. The van der Waals surface area contributed by atoms with Gasteiger partial charge in [0.15, 0.2) is 5.78 Å². The van der Waals surface area contributed by atoms with Crippen LogP contribution in [0.3, 0.4) is 0 Å². The summed E-state index contributed by atoms with van der Waals surface area (Å²) in [5.74, 6) is -0.141. The van der Waals surface area contributed by atoms with E-state index in [1.165, 1.54) is 35.7 Å². The van der Waals surface area contributed by atoms with Crippen molar-refractivity contribution in [1.82, 2.24) is 19.6 Å². The zero-order valence-corrected chi connectivity index (χ0v) is 17.4. The number of halogens is 1. The van der Waals surface area contributed by atoms with Crippen molar-refractivity contribution >= 4 is 29.1 Å². The van der Waals surface area contributed by atoms with Crippen molar-refractivity contribution in [3.8, 4) is 0 Å². The van der Waals surface area contributed by atoms with E-state index in [1.807, 2.05) is 6.07 Å². The van der Waals surface area contributed by atoms with Crippen molar-refractivity contribution in [2.24, 2.45) is 0 Å². The molecule has 29 heavy (non-hydrogen) atoms. The van der Waals surface area contributed by atoms with Crippen LogP contribution in [0, 0.1) is 0 Å². The first-order valence-electron chi connectivity index (χ1n) is 10.1. The number of carbonyl (C=O) groups excluding carboxylic acids is 2. The van der Waals surface area contributed by atoms with Gasteiger partial charge in [0.25, 0.3) is 0 Å². The Bertz CT molecular complexity index is 898. The van der Waals surface area contributed by atoms with Crippen LogP contribution in [0.25, 0.3) is 0 Å². The van der Waals surface area contributed by atoms with Crippen LogP contribution in [0.4, 0.5) is 10.5 Å². The molecule has 2 aliphatic heterocycles. The Morgan fingerprint density at radius 2 is 1.76 bits per heavy atom. The molecule has 2 saturated heterocycles. The third-order valence-corrected chi connectivity index (χ3v) is 5.91. The van der Waals surface area contributed by atoms with Crippen molar-refractivity contribution < 1.29 is 9.59 Å². The SMILES string of the molecule is CC(=O)c1ccn(C(=O)N2CCN(Cc3ccc(Cl)cc3N3CCCC3)CC2)n1. The summed E-state index contributed by atoms with van der Waals surface area (Å²) in [7, 11) is 0. The lowest BCUT2D eigenvalue weighted by atomic mass is 10.1. The minimum atomic E-state index is -0.179. The molecule has 8 heteroatoms. The lowest BCUT2D eigenvalue weighted by molar-refractivity contribution is 0.101. The number of anilines is 1. The quantitative estimate of drug-likeness (QED) is 0.718. The minimum absolute atomic E-state index is 0.141. The second-order valence-electron chi connectivity index (χ2n) is 7.71. The maximum atomic E-state index is 12.6. The second kappa shape index (κ2) is 8.55. The molecule has 4 rings (SSSR count). The van der Waals surface area contributed by atoms with Gasteiger partial charge in [-0.15, -0.1) is 0 Å². The molecule has 3 heterocycles. The van der Waals surface area contributed by atoms with Crippen LogP contribution >= 0.6 is 11.6 Å². The molecule has 2 aromatic rings. The van der Waals surface area contributed by atoms with Gasteiger partial charge in [-0.05, 0) is 36.6 Å². The van der Waals surface area contributed by atoms with Crippen molar-refractivity contribution in [3.63, 3.8) is 0 Å². The number of benzene rings is 1. The largest absolute Gasteiger partial charge is 0.371 e. The van der Waals surface area contributed by atoms with E-state index in [-0.39, 0.29) is 11.8 Å². The lowest BCUT2D eigenvalue weighted by Gasteiger charge is -2.35. The Balaban J connectivity index is 1.38. The topological polar surface area (TPSA) is 61.7 Å². The van der Waals surface area contributed by atoms with Gasteiger partial charge >= 0.3 is 6.03 Å². The van der Waals surface area contributed by atoms with E-state index in [4.69, 9.17) is 11.6 Å². The Hall–Kier alpha value is -2.38. The normalized spacial score (nSPS) is 17.7. The first-order valence-corrected chi connectivity index (χ1v) is 10.5. The highest BCUT2D eigenvalue weighted by molar-refractivity contribution is 6.30. The van der Waals surface area contributed by atoms with Crippen LogP contribution in [-0.2, 0) is 6.54 Å². The highest BCUT2D eigenvalue weighted by atomic mass is 35.5. The molecule has 2 fully saturated rings. The fraction of sp³-hybridized carbons (Fsp3) is 0.476. The summed E-state index contributed by atoms with van der Waals surface area (Å²) in [4.78, 5) is 30.6. The highest BCUT2D eigenvalue weighted by Gasteiger charge is 2.24. The molecule has 0 unspecified atom stereocenters. The fourth-order valence-electron chi connectivity index (χ4n) is 4.02. The third-order valence-electron chi connectivity index (χ3n) is 5.68. The van der Waals surface area contributed by atoms with Crippen LogP contribution in [0.1, 0.15) is 35.8 Å². The Morgan fingerprint density at radius 1 is 1.03 bits per heavy atom. The van der Waals surface area contributed by atoms with Gasteiger partial charge in [-0.2, -0.15) is 9.78 Å². The average molecular weight is 416 g/mol. The molecule has 1 aromatic carbocycles. The Labute approximate surface area is 175 Å². The maximum absolute atomic E-state index is 12.6.